The maximum atomic E-state index is 14.0. The second-order valence-corrected chi connectivity index (χ2v) is 17.1. The number of phenolic OH excluding ortho intramolecular Hbond substituents is 2. The van der Waals surface area contributed by atoms with E-state index in [1.165, 1.54) is 17.1 Å². The van der Waals surface area contributed by atoms with E-state index in [1.54, 1.807) is 0 Å². The number of aliphatic carboxylic acids is 2. The summed E-state index contributed by atoms with van der Waals surface area (Å²) in [6.07, 6.45) is 1.96. The molecule has 300 valence electrons. The number of rotatable bonds is 13. The van der Waals surface area contributed by atoms with Gasteiger partial charge in [-0.2, -0.15) is 0 Å². The molecule has 56 heavy (non-hydrogen) atoms. The van der Waals surface area contributed by atoms with Gasteiger partial charge < -0.3 is 60.9 Å². The number of carboxylic acid groups (broad SMARTS) is 2. The number of carbonyl (C=O) groups is 5. The second-order valence-electron chi connectivity index (χ2n) is 14.8. The second kappa shape index (κ2) is 14.9. The highest BCUT2D eigenvalue weighted by Gasteiger charge is 2.56. The van der Waals surface area contributed by atoms with Crippen LogP contribution in [0.4, 0.5) is 9.52 Å². The van der Waals surface area contributed by atoms with Crippen LogP contribution < -0.4 is 26.6 Å². The summed E-state index contributed by atoms with van der Waals surface area (Å²) >= 11 is 2.27. The first-order valence-corrected chi connectivity index (χ1v) is 19.1. The third kappa shape index (κ3) is 7.42. The van der Waals surface area contributed by atoms with Gasteiger partial charge in [-0.25, -0.2) is 9.37 Å². The number of thioether (sulfide) groups is 1. The predicted octanol–water partition coefficient (Wildman–Crippen LogP) is -1.69. The number of carboxylic acids is 2. The molecule has 5 aliphatic rings. The highest BCUT2D eigenvalue weighted by molar-refractivity contribution is 8.00. The minimum Gasteiger partial charge on any atom is -0.546 e. The monoisotopic (exact) mass is 817 g/mol. The summed E-state index contributed by atoms with van der Waals surface area (Å²) in [5, 5.41) is 65.2. The van der Waals surface area contributed by atoms with Crippen LogP contribution in [0.15, 0.2) is 39.1 Å². The van der Waals surface area contributed by atoms with Crippen molar-refractivity contribution >= 4 is 69.3 Å². The van der Waals surface area contributed by atoms with Crippen molar-refractivity contribution in [2.75, 3.05) is 38.5 Å². The van der Waals surface area contributed by atoms with Gasteiger partial charge >= 0.3 is 0 Å². The Balaban J connectivity index is 1.12. The Bertz CT molecular complexity index is 2060. The quantitative estimate of drug-likeness (QED) is 0.0329. The molecule has 1 aromatic carbocycles. The third-order valence-electron chi connectivity index (χ3n) is 10.8. The van der Waals surface area contributed by atoms with E-state index in [2.05, 4.69) is 25.9 Å². The molecule has 7 N–H and O–H groups in total. The van der Waals surface area contributed by atoms with Gasteiger partial charge in [0.25, 0.3) is 17.7 Å². The number of nitrogens with one attached hydrogen (secondary N) is 2. The highest BCUT2D eigenvalue weighted by atomic mass is 32.2. The number of amides is 3. The summed E-state index contributed by atoms with van der Waals surface area (Å²) in [5.74, 6) is -8.62. The lowest BCUT2D eigenvalue weighted by molar-refractivity contribution is -0.941. The molecule has 22 heteroatoms. The average molecular weight is 818 g/mol. The first-order valence-electron chi connectivity index (χ1n) is 17.3. The third-order valence-corrected chi connectivity index (χ3v) is 13.0. The summed E-state index contributed by atoms with van der Waals surface area (Å²) in [7, 11) is 0. The number of halogens is 1. The van der Waals surface area contributed by atoms with E-state index in [9.17, 15) is 54.0 Å². The number of aromatic nitrogens is 1. The van der Waals surface area contributed by atoms with Gasteiger partial charge in [0.05, 0.1) is 37.3 Å². The SMILES string of the molecule is C[C@@H]1S[C@@H]2[C@H](NC(=O)/C(=N/OC(C)(C)C(=O)[O-])c3csc(N)n3)C(=O)N2C(C(=O)[O-])=C1C[N+]12CCC(CNC(=O)/C(=N/O)c3cc(O)c(O)c(F)c3)(CC1)CC2. The van der Waals surface area contributed by atoms with Gasteiger partial charge in [0.15, 0.2) is 39.5 Å². The smallest absolute Gasteiger partial charge is 0.276 e. The molecule has 3 atom stereocenters. The predicted molar refractivity (Wildman–Crippen MR) is 192 cm³/mol. The van der Waals surface area contributed by atoms with Gasteiger partial charge in [0.2, 0.25) is 0 Å². The molecule has 5 aliphatic heterocycles. The number of phenols is 2. The molecule has 0 radical (unpaired) electrons. The van der Waals surface area contributed by atoms with Crippen LogP contribution in [-0.2, 0) is 28.8 Å². The number of fused-ring (bicyclic) bond motifs is 4. The Morgan fingerprint density at radius 3 is 2.36 bits per heavy atom. The molecule has 7 rings (SSSR count). The first kappa shape index (κ1) is 40.2. The van der Waals surface area contributed by atoms with E-state index in [0.29, 0.717) is 55.5 Å². The molecular formula is C34H38FN8O11S2-. The molecule has 1 aromatic heterocycles. The highest BCUT2D eigenvalue weighted by Crippen LogP contribution is 2.48. The van der Waals surface area contributed by atoms with Gasteiger partial charge in [0, 0.05) is 53.0 Å². The minimum atomic E-state index is -1.92. The molecule has 0 spiro atoms. The largest absolute Gasteiger partial charge is 0.546 e. The van der Waals surface area contributed by atoms with Gasteiger partial charge in [-0.3, -0.25) is 19.3 Å². The number of anilines is 1. The van der Waals surface area contributed by atoms with Gasteiger partial charge in [-0.1, -0.05) is 10.3 Å². The molecule has 3 amide bonds. The number of hydrogen-bond acceptors (Lipinski definition) is 17. The Morgan fingerprint density at radius 2 is 1.80 bits per heavy atom. The number of oxime groups is 2. The number of carbonyl (C=O) groups excluding carboxylic acids is 5. The molecular weight excluding hydrogens is 780 g/mol. The molecule has 0 aliphatic carbocycles. The lowest BCUT2D eigenvalue weighted by Gasteiger charge is -2.57. The molecule has 2 bridgehead atoms. The summed E-state index contributed by atoms with van der Waals surface area (Å²) < 4.78 is 14.5. The Kier molecular flexibility index (Phi) is 10.7. The minimum absolute atomic E-state index is 0.0379. The van der Waals surface area contributed by atoms with Gasteiger partial charge in [0.1, 0.15) is 23.7 Å². The molecule has 0 saturated carbocycles. The lowest BCUT2D eigenvalue weighted by Crippen LogP contribution is -2.72. The molecule has 0 unspecified atom stereocenters. The molecule has 4 saturated heterocycles. The molecule has 4 fully saturated rings. The first-order chi connectivity index (χ1) is 26.3. The normalized spacial score (nSPS) is 26.3. The van der Waals surface area contributed by atoms with Crippen molar-refractivity contribution in [3.8, 4) is 11.5 Å². The fourth-order valence-electron chi connectivity index (χ4n) is 7.36. The number of thiazole rings is 1. The maximum Gasteiger partial charge on any atom is 0.276 e. The van der Waals surface area contributed by atoms with E-state index in [-0.39, 0.29) is 34.0 Å². The molecule has 6 heterocycles. The summed E-state index contributed by atoms with van der Waals surface area (Å²) in [6, 6.07) is 0.483. The summed E-state index contributed by atoms with van der Waals surface area (Å²) in [5.41, 5.74) is 2.45. The number of quaternary nitrogens is 1. The van der Waals surface area contributed by atoms with E-state index >= 15 is 0 Å². The Hall–Kier alpha value is -5.48. The van der Waals surface area contributed by atoms with Crippen molar-refractivity contribution in [2.45, 2.75) is 62.3 Å². The lowest BCUT2D eigenvalue weighted by atomic mass is 9.70. The van der Waals surface area contributed by atoms with Crippen LogP contribution in [-0.4, -0.2) is 126 Å². The maximum absolute atomic E-state index is 14.0. The van der Waals surface area contributed by atoms with Crippen molar-refractivity contribution < 1.29 is 63.3 Å². The van der Waals surface area contributed by atoms with Crippen molar-refractivity contribution in [3.63, 3.8) is 0 Å². The fourth-order valence-corrected chi connectivity index (χ4v) is 9.35. The zero-order valence-corrected chi connectivity index (χ0v) is 31.9. The number of nitrogens with zero attached hydrogens (tertiary/aromatic N) is 5. The van der Waals surface area contributed by atoms with E-state index in [1.807, 2.05) is 6.92 Å². The Morgan fingerprint density at radius 1 is 1.14 bits per heavy atom. The number of hydrogen-bond donors (Lipinski definition) is 6. The van der Waals surface area contributed by atoms with Crippen LogP contribution in [0.25, 0.3) is 0 Å². The zero-order valence-electron chi connectivity index (χ0n) is 30.2. The van der Waals surface area contributed by atoms with Crippen LogP contribution in [0.1, 0.15) is 51.3 Å². The number of piperidine rings is 3. The number of benzene rings is 1. The van der Waals surface area contributed by atoms with E-state index in [0.717, 1.165) is 42.2 Å². The fraction of sp³-hybridized carbons (Fsp3) is 0.471. The van der Waals surface area contributed by atoms with Gasteiger partial charge in [-0.15, -0.1) is 23.1 Å². The van der Waals surface area contributed by atoms with Crippen molar-refractivity contribution in [3.05, 3.63) is 45.9 Å². The number of aromatic hydroxyl groups is 2. The van der Waals surface area contributed by atoms with Crippen LogP contribution >= 0.6 is 23.1 Å². The van der Waals surface area contributed by atoms with E-state index in [4.69, 9.17) is 10.6 Å². The summed E-state index contributed by atoms with van der Waals surface area (Å²) in [6.45, 7) is 6.55. The number of nitrogen functional groups attached to an aromatic ring is 1. The standard InChI is InChI=1S/C34H39FN8O11S2/c1-15-17(12-43-7-4-34(5-8-43,6-9-43)14-37-26(46)21(40-53)16-10-18(35)25(45)20(44)11-16)24(30(49)50)42-28(48)23(29(42)56-15)39-27(47)22(19-13-55-32(36)38-19)41-54-33(2,3)31(51)52/h10-11,13,15,23,29H,4-9,12,14H2,1-3H3,(H8-,36,37,38,39,40,41,44,45,46,47,49,50,51,52,53)/p-1/t15-,23+,29+,34?,43?/m0/s1. The molecule has 2 aromatic rings. The van der Waals surface area contributed by atoms with Crippen LogP contribution in [0.2, 0.25) is 0 Å². The summed E-state index contributed by atoms with van der Waals surface area (Å²) in [4.78, 5) is 74.4. The van der Waals surface area contributed by atoms with Crippen LogP contribution in [0.5, 0.6) is 11.5 Å². The molecule has 19 nitrogen and oxygen atoms in total. The van der Waals surface area contributed by atoms with Gasteiger partial charge in [-0.05, 0) is 32.9 Å². The van der Waals surface area contributed by atoms with Crippen LogP contribution in [0.3, 0.4) is 0 Å². The number of nitrogens with two attached hydrogens (primary N) is 1. The zero-order chi connectivity index (χ0) is 40.9. The number of β-lactam (4-membered cyclic amide) rings is 1. The van der Waals surface area contributed by atoms with Crippen molar-refractivity contribution in [1.29, 1.82) is 0 Å². The average Bonchev–Trinajstić information content (AvgIpc) is 3.58. The Labute approximate surface area is 326 Å². The topological polar surface area (TPSA) is 292 Å². The van der Waals surface area contributed by atoms with Crippen molar-refractivity contribution in [2.24, 2.45) is 15.7 Å². The van der Waals surface area contributed by atoms with Crippen molar-refractivity contribution in [1.82, 2.24) is 20.5 Å². The van der Waals surface area contributed by atoms with E-state index < -0.39 is 80.7 Å². The van der Waals surface area contributed by atoms with Crippen LogP contribution in [0, 0.1) is 11.2 Å².